The number of alkyl halides is 2. The number of pyridine rings is 1. The summed E-state index contributed by atoms with van der Waals surface area (Å²) in [5.74, 6) is -1.24. The van der Waals surface area contributed by atoms with Crippen LogP contribution in [0.3, 0.4) is 0 Å². The summed E-state index contributed by atoms with van der Waals surface area (Å²) in [5, 5.41) is 5.28. The molecule has 4 heterocycles. The lowest BCUT2D eigenvalue weighted by Gasteiger charge is -2.48. The van der Waals surface area contributed by atoms with Crippen LogP contribution in [0, 0.1) is 5.92 Å². The molecular weight excluding hydrogens is 588 g/mol. The first-order valence-corrected chi connectivity index (χ1v) is 17.1. The SMILES string of the molecule is CC(C)c1ccc(N2C[C@H](CS(C)(=O)=O)[C@H]2C)c2cnc(Nc3ccnc(N4CC[C@H](OCCN(C)C)C(F)(F)C4)n3)cc12. The molecule has 1 aromatic carbocycles. The summed E-state index contributed by atoms with van der Waals surface area (Å²) >= 11 is 0. The Balaban J connectivity index is 1.33. The van der Waals surface area contributed by atoms with E-state index in [-0.39, 0.29) is 42.6 Å². The molecule has 2 fully saturated rings. The van der Waals surface area contributed by atoms with Gasteiger partial charge in [0, 0.05) is 61.3 Å². The van der Waals surface area contributed by atoms with E-state index in [0.717, 1.165) is 22.0 Å². The van der Waals surface area contributed by atoms with Gasteiger partial charge in [-0.3, -0.25) is 0 Å². The van der Waals surface area contributed by atoms with E-state index in [1.54, 1.807) is 12.3 Å². The Morgan fingerprint density at radius 3 is 2.59 bits per heavy atom. The molecule has 5 rings (SSSR count). The van der Waals surface area contributed by atoms with Gasteiger partial charge in [-0.15, -0.1) is 0 Å². The molecule has 2 aliphatic rings. The average molecular weight is 632 g/mol. The summed E-state index contributed by atoms with van der Waals surface area (Å²) in [6.07, 6.45) is 3.72. The zero-order valence-corrected chi connectivity index (χ0v) is 27.1. The number of ether oxygens (including phenoxy) is 1. The van der Waals surface area contributed by atoms with Gasteiger partial charge in [-0.1, -0.05) is 19.9 Å². The van der Waals surface area contributed by atoms with Crippen molar-refractivity contribution < 1.29 is 21.9 Å². The molecule has 2 saturated heterocycles. The summed E-state index contributed by atoms with van der Waals surface area (Å²) in [7, 11) is 0.710. The largest absolute Gasteiger partial charge is 0.370 e. The van der Waals surface area contributed by atoms with E-state index in [1.807, 2.05) is 31.3 Å². The second-order valence-electron chi connectivity index (χ2n) is 12.7. The van der Waals surface area contributed by atoms with Gasteiger partial charge >= 0.3 is 0 Å². The first-order chi connectivity index (χ1) is 20.7. The number of aromatic nitrogens is 3. The van der Waals surface area contributed by atoms with E-state index < -0.39 is 28.4 Å². The van der Waals surface area contributed by atoms with Crippen LogP contribution in [0.1, 0.15) is 38.7 Å². The van der Waals surface area contributed by atoms with Crippen molar-refractivity contribution in [2.75, 3.05) is 74.0 Å². The van der Waals surface area contributed by atoms with Crippen molar-refractivity contribution >= 4 is 43.9 Å². The average Bonchev–Trinajstić information content (AvgIpc) is 2.94. The van der Waals surface area contributed by atoms with Gasteiger partial charge in [0.05, 0.1) is 18.9 Å². The van der Waals surface area contributed by atoms with Crippen molar-refractivity contribution in [1.29, 1.82) is 0 Å². The van der Waals surface area contributed by atoms with Crippen LogP contribution in [-0.4, -0.2) is 105 Å². The van der Waals surface area contributed by atoms with E-state index in [2.05, 4.69) is 58.1 Å². The number of anilines is 4. The zero-order chi connectivity index (χ0) is 31.8. The first kappa shape index (κ1) is 32.2. The standard InChI is InChI=1S/C31H43F2N7O3S/c1-20(2)23-7-8-26(40-17-22(21(40)3)18-44(6,41)42)25-16-35-29(15-24(23)25)36-28-9-11-34-30(37-28)39-12-10-27(31(32,33)19-39)43-14-13-38(4)5/h7-9,11,15-16,20-22,27H,10,12-14,17-19H2,1-6H3,(H,34,35,36,37)/t21-,22-,27+/m1/s1. The minimum atomic E-state index is -3.05. The van der Waals surface area contributed by atoms with Crippen LogP contribution in [0.25, 0.3) is 10.8 Å². The maximum absolute atomic E-state index is 15.0. The third-order valence-electron chi connectivity index (χ3n) is 8.54. The van der Waals surface area contributed by atoms with E-state index in [0.29, 0.717) is 31.3 Å². The van der Waals surface area contributed by atoms with Crippen LogP contribution in [0.5, 0.6) is 0 Å². The van der Waals surface area contributed by atoms with Gasteiger partial charge in [0.1, 0.15) is 27.6 Å². The van der Waals surface area contributed by atoms with E-state index >= 15 is 0 Å². The number of halogens is 2. The molecule has 0 spiro atoms. The molecule has 0 saturated carbocycles. The lowest BCUT2D eigenvalue weighted by Crippen LogP contribution is -2.57. The van der Waals surface area contributed by atoms with Gasteiger partial charge in [0.25, 0.3) is 5.92 Å². The van der Waals surface area contributed by atoms with Crippen molar-refractivity contribution in [3.63, 3.8) is 0 Å². The first-order valence-electron chi connectivity index (χ1n) is 15.1. The number of piperidine rings is 1. The van der Waals surface area contributed by atoms with Gasteiger partial charge in [-0.25, -0.2) is 27.2 Å². The molecule has 10 nitrogen and oxygen atoms in total. The Hall–Kier alpha value is -3.16. The summed E-state index contributed by atoms with van der Waals surface area (Å²) in [5.41, 5.74) is 2.19. The molecule has 13 heteroatoms. The minimum Gasteiger partial charge on any atom is -0.370 e. The molecule has 0 unspecified atom stereocenters. The highest BCUT2D eigenvalue weighted by molar-refractivity contribution is 7.90. The fourth-order valence-electron chi connectivity index (χ4n) is 6.03. The van der Waals surface area contributed by atoms with Gasteiger partial charge < -0.3 is 24.8 Å². The Morgan fingerprint density at radius 1 is 1.16 bits per heavy atom. The highest BCUT2D eigenvalue weighted by Crippen LogP contribution is 2.40. The molecule has 0 bridgehead atoms. The van der Waals surface area contributed by atoms with Gasteiger partial charge in [0.15, 0.2) is 0 Å². The van der Waals surface area contributed by atoms with Crippen LogP contribution in [0.4, 0.5) is 32.1 Å². The van der Waals surface area contributed by atoms with E-state index in [9.17, 15) is 17.2 Å². The van der Waals surface area contributed by atoms with E-state index in [4.69, 9.17) is 4.74 Å². The number of nitrogens with zero attached hydrogens (tertiary/aromatic N) is 6. The summed E-state index contributed by atoms with van der Waals surface area (Å²) in [6, 6.07) is 7.99. The predicted octanol–water partition coefficient (Wildman–Crippen LogP) is 4.55. The van der Waals surface area contributed by atoms with Crippen LogP contribution >= 0.6 is 0 Å². The van der Waals surface area contributed by atoms with Crippen LogP contribution in [0.2, 0.25) is 0 Å². The van der Waals surface area contributed by atoms with Gasteiger partial charge in [0.2, 0.25) is 5.95 Å². The molecule has 0 amide bonds. The topological polar surface area (TPSA) is 104 Å². The Labute approximate surface area is 258 Å². The zero-order valence-electron chi connectivity index (χ0n) is 26.3. The highest BCUT2D eigenvalue weighted by atomic mass is 32.2. The molecule has 44 heavy (non-hydrogen) atoms. The molecule has 1 N–H and O–H groups in total. The van der Waals surface area contributed by atoms with Crippen molar-refractivity contribution in [1.82, 2.24) is 19.9 Å². The fourth-order valence-corrected chi connectivity index (χ4v) is 7.19. The maximum Gasteiger partial charge on any atom is 0.290 e. The van der Waals surface area contributed by atoms with E-state index in [1.165, 1.54) is 11.2 Å². The Kier molecular flexibility index (Phi) is 9.29. The third-order valence-corrected chi connectivity index (χ3v) is 9.57. The monoisotopic (exact) mass is 631 g/mol. The predicted molar refractivity (Wildman–Crippen MR) is 171 cm³/mol. The summed E-state index contributed by atoms with van der Waals surface area (Å²) in [6.45, 7) is 7.69. The van der Waals surface area contributed by atoms with Crippen LogP contribution in [-0.2, 0) is 14.6 Å². The number of rotatable bonds is 11. The molecule has 2 aromatic heterocycles. The summed E-state index contributed by atoms with van der Waals surface area (Å²) < 4.78 is 59.2. The van der Waals surface area contributed by atoms with Crippen LogP contribution < -0.4 is 15.1 Å². The number of fused-ring (bicyclic) bond motifs is 1. The number of likely N-dealkylation sites (N-methyl/N-ethyl adjacent to an activating group) is 1. The van der Waals surface area contributed by atoms with Crippen LogP contribution in [0.15, 0.2) is 36.7 Å². The normalized spacial score (nSPS) is 22.1. The molecule has 240 valence electrons. The third kappa shape index (κ3) is 7.21. The van der Waals surface area contributed by atoms with Crippen molar-refractivity contribution in [3.8, 4) is 0 Å². The maximum atomic E-state index is 15.0. The van der Waals surface area contributed by atoms with Crippen molar-refractivity contribution in [3.05, 3.63) is 42.2 Å². The molecule has 0 radical (unpaired) electrons. The second kappa shape index (κ2) is 12.7. The summed E-state index contributed by atoms with van der Waals surface area (Å²) in [4.78, 5) is 19.1. The lowest BCUT2D eigenvalue weighted by atomic mass is 9.88. The Bertz CT molecular complexity index is 1590. The van der Waals surface area contributed by atoms with Gasteiger partial charge in [-0.2, -0.15) is 4.98 Å². The van der Waals surface area contributed by atoms with Crippen molar-refractivity contribution in [2.45, 2.75) is 51.2 Å². The molecule has 3 aromatic rings. The smallest absolute Gasteiger partial charge is 0.290 e. The molecular formula is C31H43F2N7O3S. The number of sulfone groups is 1. The number of nitrogens with one attached hydrogen (secondary N) is 1. The quantitative estimate of drug-likeness (QED) is 0.324. The Morgan fingerprint density at radius 2 is 1.93 bits per heavy atom. The van der Waals surface area contributed by atoms with Crippen molar-refractivity contribution in [2.24, 2.45) is 5.92 Å². The number of hydrogen-bond donors (Lipinski definition) is 1. The van der Waals surface area contributed by atoms with Gasteiger partial charge in [-0.05, 0) is 62.5 Å². The molecule has 3 atom stereocenters. The lowest BCUT2D eigenvalue weighted by molar-refractivity contribution is -0.144. The molecule has 0 aliphatic carbocycles. The molecule has 2 aliphatic heterocycles. The highest BCUT2D eigenvalue weighted by Gasteiger charge is 2.46. The second-order valence-corrected chi connectivity index (χ2v) is 14.9. The number of hydrogen-bond acceptors (Lipinski definition) is 10. The number of benzene rings is 1. The fraction of sp³-hybridized carbons (Fsp3) is 0.581. The minimum absolute atomic E-state index is 0.0898.